The Hall–Kier alpha value is -3.06. The van der Waals surface area contributed by atoms with Gasteiger partial charge in [0.15, 0.2) is 16.6 Å². The number of anilines is 1. The van der Waals surface area contributed by atoms with Crippen LogP contribution in [0.15, 0.2) is 47.7 Å². The van der Waals surface area contributed by atoms with Crippen molar-refractivity contribution in [1.82, 2.24) is 10.6 Å². The summed E-state index contributed by atoms with van der Waals surface area (Å²) in [5.74, 6) is 0.129. The Bertz CT molecular complexity index is 985. The zero-order chi connectivity index (χ0) is 20.4. The number of aromatic hydroxyl groups is 1. The van der Waals surface area contributed by atoms with Crippen molar-refractivity contribution in [2.45, 2.75) is 26.8 Å². The second-order valence-electron chi connectivity index (χ2n) is 6.77. The van der Waals surface area contributed by atoms with E-state index < -0.39 is 6.04 Å². The Kier molecular flexibility index (Phi) is 5.56. The molecule has 3 rings (SSSR count). The molecule has 1 aliphatic rings. The minimum absolute atomic E-state index is 0.0322. The van der Waals surface area contributed by atoms with E-state index in [0.29, 0.717) is 22.1 Å². The first-order valence-electron chi connectivity index (χ1n) is 8.84. The van der Waals surface area contributed by atoms with Crippen LogP contribution in [0.5, 0.6) is 11.5 Å². The number of amides is 1. The topological polar surface area (TPSA) is 82.6 Å². The summed E-state index contributed by atoms with van der Waals surface area (Å²) in [6.45, 7) is 5.78. The number of phenolic OH excluding ortho intramolecular Hbond substituents is 1. The van der Waals surface area contributed by atoms with Gasteiger partial charge in [0.1, 0.15) is 0 Å². The Morgan fingerprint density at radius 1 is 1.18 bits per heavy atom. The molecule has 2 aromatic rings. The molecule has 6 nitrogen and oxygen atoms in total. The maximum Gasteiger partial charge on any atom is 0.255 e. The van der Waals surface area contributed by atoms with Gasteiger partial charge in [-0.3, -0.25) is 4.79 Å². The maximum absolute atomic E-state index is 13.2. The zero-order valence-electron chi connectivity index (χ0n) is 16.2. The highest BCUT2D eigenvalue weighted by atomic mass is 32.1. The highest BCUT2D eigenvalue weighted by Crippen LogP contribution is 2.34. The van der Waals surface area contributed by atoms with Gasteiger partial charge in [0.2, 0.25) is 0 Å². The van der Waals surface area contributed by atoms with Crippen LogP contribution in [0.2, 0.25) is 0 Å². The van der Waals surface area contributed by atoms with Crippen molar-refractivity contribution in [3.8, 4) is 11.5 Å². The van der Waals surface area contributed by atoms with Crippen molar-refractivity contribution in [1.29, 1.82) is 0 Å². The van der Waals surface area contributed by atoms with Crippen LogP contribution < -0.4 is 20.7 Å². The molecule has 0 saturated heterocycles. The maximum atomic E-state index is 13.2. The molecule has 7 heteroatoms. The number of hydrogen-bond acceptors (Lipinski definition) is 4. The van der Waals surface area contributed by atoms with Crippen LogP contribution in [-0.2, 0) is 4.79 Å². The van der Waals surface area contributed by atoms with Crippen molar-refractivity contribution in [2.24, 2.45) is 0 Å². The molecule has 4 N–H and O–H groups in total. The van der Waals surface area contributed by atoms with Crippen molar-refractivity contribution < 1.29 is 14.6 Å². The second-order valence-corrected chi connectivity index (χ2v) is 7.18. The molecule has 0 fully saturated rings. The summed E-state index contributed by atoms with van der Waals surface area (Å²) in [7, 11) is 1.48. The molecular formula is C21H23N3O3S. The van der Waals surface area contributed by atoms with E-state index >= 15 is 0 Å². The van der Waals surface area contributed by atoms with Gasteiger partial charge >= 0.3 is 0 Å². The lowest BCUT2D eigenvalue weighted by Crippen LogP contribution is -2.45. The smallest absolute Gasteiger partial charge is 0.255 e. The van der Waals surface area contributed by atoms with Crippen LogP contribution in [0.1, 0.15) is 29.7 Å². The third-order valence-electron chi connectivity index (χ3n) is 4.68. The molecule has 0 radical (unpaired) electrons. The minimum atomic E-state index is -0.478. The van der Waals surface area contributed by atoms with Gasteiger partial charge in [-0.05, 0) is 62.3 Å². The number of nitrogens with one attached hydrogen (secondary N) is 3. The van der Waals surface area contributed by atoms with Crippen molar-refractivity contribution in [3.63, 3.8) is 0 Å². The summed E-state index contributed by atoms with van der Waals surface area (Å²) in [4.78, 5) is 13.2. The fraction of sp³-hybridized carbons (Fsp3) is 0.238. The summed E-state index contributed by atoms with van der Waals surface area (Å²) in [5, 5.41) is 19.5. The third-order valence-corrected chi connectivity index (χ3v) is 4.90. The average Bonchev–Trinajstić information content (AvgIpc) is 2.63. The summed E-state index contributed by atoms with van der Waals surface area (Å²) in [6.07, 6.45) is 0. The molecule has 0 aromatic heterocycles. The fourth-order valence-corrected chi connectivity index (χ4v) is 3.53. The number of methoxy groups -OCH3 is 1. The van der Waals surface area contributed by atoms with E-state index in [1.807, 2.05) is 39.0 Å². The second kappa shape index (κ2) is 7.90. The molecule has 0 saturated carbocycles. The first-order chi connectivity index (χ1) is 13.3. The summed E-state index contributed by atoms with van der Waals surface area (Å²) >= 11 is 5.28. The number of benzene rings is 2. The lowest BCUT2D eigenvalue weighted by atomic mass is 9.94. The molecule has 0 aliphatic carbocycles. The normalized spacial score (nSPS) is 16.3. The van der Waals surface area contributed by atoms with Crippen LogP contribution in [0.3, 0.4) is 0 Å². The van der Waals surface area contributed by atoms with Crippen LogP contribution in [0.25, 0.3) is 0 Å². The first kappa shape index (κ1) is 19.7. The minimum Gasteiger partial charge on any atom is -0.504 e. The Morgan fingerprint density at radius 2 is 1.93 bits per heavy atom. The molecule has 0 spiro atoms. The SMILES string of the molecule is COc1cc([C@@H]2NC(=S)NC(C)=C2C(=O)Nc2ccc(C)cc2C)ccc1O. The van der Waals surface area contributed by atoms with E-state index in [0.717, 1.165) is 22.4 Å². The number of ether oxygens (including phenoxy) is 1. The van der Waals surface area contributed by atoms with Gasteiger partial charge in [0.25, 0.3) is 5.91 Å². The number of phenols is 1. The molecule has 1 atom stereocenters. The average molecular weight is 398 g/mol. The van der Waals surface area contributed by atoms with E-state index in [1.165, 1.54) is 13.2 Å². The van der Waals surface area contributed by atoms with Crippen LogP contribution in [0, 0.1) is 13.8 Å². The van der Waals surface area contributed by atoms with Crippen molar-refractivity contribution in [3.05, 3.63) is 64.4 Å². The summed E-state index contributed by atoms with van der Waals surface area (Å²) in [5.41, 5.74) is 4.81. The van der Waals surface area contributed by atoms with Gasteiger partial charge < -0.3 is 25.8 Å². The molecule has 0 unspecified atom stereocenters. The highest BCUT2D eigenvalue weighted by molar-refractivity contribution is 7.80. The third kappa shape index (κ3) is 3.94. The van der Waals surface area contributed by atoms with E-state index in [9.17, 15) is 9.90 Å². The van der Waals surface area contributed by atoms with Crippen LogP contribution >= 0.6 is 12.2 Å². The molecule has 28 heavy (non-hydrogen) atoms. The number of hydrogen-bond donors (Lipinski definition) is 4. The zero-order valence-corrected chi connectivity index (χ0v) is 17.0. The molecule has 0 bridgehead atoms. The van der Waals surface area contributed by atoms with Crippen LogP contribution in [-0.4, -0.2) is 23.2 Å². The highest BCUT2D eigenvalue weighted by Gasteiger charge is 2.30. The van der Waals surface area contributed by atoms with E-state index in [2.05, 4.69) is 16.0 Å². The molecule has 1 heterocycles. The predicted molar refractivity (Wildman–Crippen MR) is 114 cm³/mol. The lowest BCUT2D eigenvalue weighted by molar-refractivity contribution is -0.113. The standard InChI is InChI=1S/C21H23N3O3S/c1-11-5-7-15(12(2)9-11)23-20(26)18-13(3)22-21(28)24-19(18)14-6-8-16(25)17(10-14)27-4/h5-10,19,25H,1-4H3,(H,23,26)(H2,22,24,28)/t19-/m0/s1. The first-order valence-corrected chi connectivity index (χ1v) is 9.24. The number of carbonyl (C=O) groups is 1. The summed E-state index contributed by atoms with van der Waals surface area (Å²) < 4.78 is 5.21. The molecular weight excluding hydrogens is 374 g/mol. The number of allylic oxidation sites excluding steroid dienone is 1. The van der Waals surface area contributed by atoms with Gasteiger partial charge in [0, 0.05) is 11.4 Å². The Balaban J connectivity index is 1.98. The summed E-state index contributed by atoms with van der Waals surface area (Å²) in [6, 6.07) is 10.4. The number of thiocarbonyl (C=S) groups is 1. The van der Waals surface area contributed by atoms with Crippen molar-refractivity contribution >= 4 is 28.9 Å². The van der Waals surface area contributed by atoms with Gasteiger partial charge in [-0.2, -0.15) is 0 Å². The quantitative estimate of drug-likeness (QED) is 0.592. The molecule has 2 aromatic carbocycles. The number of aryl methyl sites for hydroxylation is 2. The lowest BCUT2D eigenvalue weighted by Gasteiger charge is -2.30. The van der Waals surface area contributed by atoms with E-state index in [4.69, 9.17) is 17.0 Å². The Labute approximate surface area is 169 Å². The van der Waals surface area contributed by atoms with Gasteiger partial charge in [-0.15, -0.1) is 0 Å². The van der Waals surface area contributed by atoms with Crippen molar-refractivity contribution in [2.75, 3.05) is 12.4 Å². The van der Waals surface area contributed by atoms with Gasteiger partial charge in [-0.1, -0.05) is 23.8 Å². The molecule has 146 valence electrons. The largest absolute Gasteiger partial charge is 0.504 e. The van der Waals surface area contributed by atoms with Crippen LogP contribution in [0.4, 0.5) is 5.69 Å². The monoisotopic (exact) mass is 397 g/mol. The Morgan fingerprint density at radius 3 is 2.61 bits per heavy atom. The van der Waals surface area contributed by atoms with Gasteiger partial charge in [-0.25, -0.2) is 0 Å². The predicted octanol–water partition coefficient (Wildman–Crippen LogP) is 3.45. The molecule has 1 amide bonds. The van der Waals surface area contributed by atoms with E-state index in [1.54, 1.807) is 12.1 Å². The van der Waals surface area contributed by atoms with Gasteiger partial charge in [0.05, 0.1) is 18.7 Å². The fourth-order valence-electron chi connectivity index (χ4n) is 3.26. The number of carbonyl (C=O) groups excluding carboxylic acids is 1. The molecule has 1 aliphatic heterocycles. The number of rotatable bonds is 4. The van der Waals surface area contributed by atoms with E-state index in [-0.39, 0.29) is 11.7 Å².